The zero-order valence-corrected chi connectivity index (χ0v) is 30.9. The summed E-state index contributed by atoms with van der Waals surface area (Å²) in [5.74, 6) is 0.0627. The molecule has 4 aromatic rings. The third-order valence-electron chi connectivity index (χ3n) is 12.2. The Hall–Kier alpha value is -5.26. The number of methoxy groups -OCH3 is 2. The number of carbonyl (C=O) groups excluding carboxylic acids is 3. The Labute approximate surface area is 312 Å². The number of nitrogens with zero attached hydrogens (tertiary/aromatic N) is 1. The predicted molar refractivity (Wildman–Crippen MR) is 200 cm³/mol. The summed E-state index contributed by atoms with van der Waals surface area (Å²) in [6.07, 6.45) is 2.20. The number of fused-ring (bicyclic) bond motifs is 4. The number of hydrogen-bond donors (Lipinski definition) is 0. The molecule has 2 aromatic heterocycles. The number of carbonyl (C=O) groups is 3. The van der Waals surface area contributed by atoms with Crippen LogP contribution in [0.2, 0.25) is 0 Å². The number of ether oxygens (including phenoxy) is 4. The number of allylic oxidation sites excluding steroid dienone is 2. The predicted octanol–water partition coefficient (Wildman–Crippen LogP) is 6.68. The summed E-state index contributed by atoms with van der Waals surface area (Å²) >= 11 is 0. The first-order valence-electron chi connectivity index (χ1n) is 18.3. The van der Waals surface area contributed by atoms with Crippen LogP contribution < -0.4 is 10.3 Å². The molecule has 5 aliphatic rings. The minimum Gasteiger partial charge on any atom is -0.501 e. The molecule has 11 nitrogen and oxygen atoms in total. The van der Waals surface area contributed by atoms with Gasteiger partial charge in [0.05, 0.1) is 43.5 Å². The number of rotatable bonds is 6. The van der Waals surface area contributed by atoms with Crippen molar-refractivity contribution in [2.45, 2.75) is 44.6 Å². The smallest absolute Gasteiger partial charge is 0.342 e. The van der Waals surface area contributed by atoms with Crippen molar-refractivity contribution in [3.63, 3.8) is 0 Å². The summed E-state index contributed by atoms with van der Waals surface area (Å²) in [6, 6.07) is 17.3. The number of hydrogen-bond acceptors (Lipinski definition) is 11. The molecular weight excluding hydrogens is 690 g/mol. The van der Waals surface area contributed by atoms with Crippen LogP contribution in [0, 0.1) is 17.3 Å². The largest absolute Gasteiger partial charge is 0.501 e. The normalized spacial score (nSPS) is 27.1. The van der Waals surface area contributed by atoms with Crippen LogP contribution in [0.15, 0.2) is 98.0 Å². The Bertz CT molecular complexity index is 2280. The second-order valence-electron chi connectivity index (χ2n) is 15.0. The highest BCUT2D eigenvalue weighted by molar-refractivity contribution is 6.14. The van der Waals surface area contributed by atoms with Crippen molar-refractivity contribution in [2.24, 2.45) is 17.3 Å². The number of esters is 1. The summed E-state index contributed by atoms with van der Waals surface area (Å²) in [4.78, 5) is 54.0. The minimum absolute atomic E-state index is 0.00878. The van der Waals surface area contributed by atoms with Gasteiger partial charge in [0.1, 0.15) is 29.3 Å². The first kappa shape index (κ1) is 35.8. The molecule has 1 unspecified atom stereocenters. The van der Waals surface area contributed by atoms with Crippen LogP contribution in [-0.4, -0.2) is 70.8 Å². The molecule has 1 saturated carbocycles. The molecule has 54 heavy (non-hydrogen) atoms. The van der Waals surface area contributed by atoms with Gasteiger partial charge in [-0.05, 0) is 37.0 Å². The average Bonchev–Trinajstić information content (AvgIpc) is 3.78. The molecule has 9 rings (SSSR count). The van der Waals surface area contributed by atoms with Gasteiger partial charge in [-0.2, -0.15) is 0 Å². The van der Waals surface area contributed by atoms with Crippen molar-refractivity contribution in [2.75, 3.05) is 52.0 Å². The Morgan fingerprint density at radius 2 is 1.74 bits per heavy atom. The third kappa shape index (κ3) is 5.39. The van der Waals surface area contributed by atoms with E-state index in [2.05, 4.69) is 11.5 Å². The van der Waals surface area contributed by atoms with E-state index >= 15 is 0 Å². The lowest BCUT2D eigenvalue weighted by Crippen LogP contribution is -2.55. The molecule has 0 bridgehead atoms. The van der Waals surface area contributed by atoms with Crippen LogP contribution in [0.1, 0.15) is 59.6 Å². The Morgan fingerprint density at radius 1 is 0.981 bits per heavy atom. The lowest BCUT2D eigenvalue weighted by atomic mass is 9.51. The molecule has 0 spiro atoms. The van der Waals surface area contributed by atoms with Crippen molar-refractivity contribution in [3.8, 4) is 11.1 Å². The lowest BCUT2D eigenvalue weighted by molar-refractivity contribution is -0.127. The van der Waals surface area contributed by atoms with E-state index in [-0.39, 0.29) is 46.8 Å². The molecule has 11 heteroatoms. The van der Waals surface area contributed by atoms with Gasteiger partial charge >= 0.3 is 5.97 Å². The number of para-hydroxylation sites is 1. The first-order chi connectivity index (χ1) is 26.0. The monoisotopic (exact) mass is 733 g/mol. The summed E-state index contributed by atoms with van der Waals surface area (Å²) in [5.41, 5.74) is 3.33. The molecule has 0 N–H and O–H groups in total. The summed E-state index contributed by atoms with van der Waals surface area (Å²) in [5, 5.41) is 0.614. The van der Waals surface area contributed by atoms with Crippen molar-refractivity contribution in [1.82, 2.24) is 0 Å². The highest BCUT2D eigenvalue weighted by Crippen LogP contribution is 2.63. The van der Waals surface area contributed by atoms with E-state index < -0.39 is 22.9 Å². The van der Waals surface area contributed by atoms with E-state index in [0.717, 1.165) is 29.8 Å². The molecule has 2 fully saturated rings. The van der Waals surface area contributed by atoms with Gasteiger partial charge < -0.3 is 32.7 Å². The summed E-state index contributed by atoms with van der Waals surface area (Å²) in [7, 11) is 3.09. The van der Waals surface area contributed by atoms with Gasteiger partial charge in [-0.25, -0.2) is 4.79 Å². The number of furan rings is 1. The van der Waals surface area contributed by atoms with Crippen molar-refractivity contribution in [1.29, 1.82) is 0 Å². The zero-order chi connectivity index (χ0) is 37.9. The fourth-order valence-electron chi connectivity index (χ4n) is 9.43. The van der Waals surface area contributed by atoms with E-state index in [4.69, 9.17) is 27.8 Å². The highest BCUT2D eigenvalue weighted by atomic mass is 16.6. The fourth-order valence-corrected chi connectivity index (χ4v) is 9.43. The zero-order valence-electron chi connectivity index (χ0n) is 30.9. The van der Waals surface area contributed by atoms with Gasteiger partial charge in [0.2, 0.25) is 5.78 Å². The van der Waals surface area contributed by atoms with E-state index in [1.54, 1.807) is 20.3 Å². The summed E-state index contributed by atoms with van der Waals surface area (Å²) in [6.45, 7) is 11.0. The highest BCUT2D eigenvalue weighted by Gasteiger charge is 2.64. The Balaban J connectivity index is 0.000000160. The van der Waals surface area contributed by atoms with Gasteiger partial charge in [-0.15, -0.1) is 0 Å². The molecule has 280 valence electrons. The van der Waals surface area contributed by atoms with E-state index in [1.807, 2.05) is 62.4 Å². The molecule has 1 saturated heterocycles. The molecule has 5 atom stereocenters. The number of cyclic esters (lactones) is 1. The van der Waals surface area contributed by atoms with Gasteiger partial charge in [0.25, 0.3) is 0 Å². The molecule has 2 aromatic carbocycles. The Kier molecular flexibility index (Phi) is 8.97. The Morgan fingerprint density at radius 3 is 2.46 bits per heavy atom. The van der Waals surface area contributed by atoms with Gasteiger partial charge in [0.15, 0.2) is 17.1 Å². The molecule has 2 aliphatic heterocycles. The van der Waals surface area contributed by atoms with Crippen LogP contribution in [0.5, 0.6) is 0 Å². The maximum Gasteiger partial charge on any atom is 0.342 e. The fraction of sp³-hybridized carbons (Fsp3) is 0.395. The van der Waals surface area contributed by atoms with Gasteiger partial charge in [-0.1, -0.05) is 56.0 Å². The maximum absolute atomic E-state index is 13.8. The SMILES string of the molecule is C=C(OC)[C@@H]1C[C@]2(C)C(=O)CCC2C2=C1[C@]1(C)c3c(coc3C2=O)C(=O)O[C@@H]1COC.O=c1cc(N2CCOCC2)oc2c(-c3ccccc3)cccc12. The minimum atomic E-state index is -0.857. The number of benzene rings is 2. The summed E-state index contributed by atoms with van der Waals surface area (Å²) < 4.78 is 34.0. The topological polar surface area (TPSA) is 135 Å². The van der Waals surface area contributed by atoms with Crippen LogP contribution >= 0.6 is 0 Å². The second-order valence-corrected chi connectivity index (χ2v) is 15.0. The molecule has 4 heterocycles. The van der Waals surface area contributed by atoms with Crippen LogP contribution in [0.25, 0.3) is 22.1 Å². The number of ketones is 2. The molecule has 3 aliphatic carbocycles. The third-order valence-corrected chi connectivity index (χ3v) is 12.2. The van der Waals surface area contributed by atoms with E-state index in [1.165, 1.54) is 6.26 Å². The standard InChI is InChI=1S/C24H26O7.C19H17NO3/c1-11(29-5)12-8-23(2)14(6-7-15(23)25)17-18(12)24(3)16(10-28-4)31-22(27)13-9-30-21(19(13)24)20(17)26;21-17-13-18(20-9-11-22-12-10-20)23-19-15(7-4-8-16(17)19)14-5-2-1-3-6-14/h9,12,14,16H,1,6-8,10H2,2-5H3;1-8,13H,9-12H2/t12-,14?,16+,23-,24+;/m0./s1. The number of anilines is 1. The first-order valence-corrected chi connectivity index (χ1v) is 18.3. The quantitative estimate of drug-likeness (QED) is 0.155. The van der Waals surface area contributed by atoms with E-state index in [0.29, 0.717) is 66.2 Å². The van der Waals surface area contributed by atoms with E-state index in [9.17, 15) is 19.2 Å². The molecular formula is C43H43NO10. The van der Waals surface area contributed by atoms with Crippen molar-refractivity contribution < 1.29 is 42.2 Å². The molecule has 0 amide bonds. The number of morpholine rings is 1. The second kappa shape index (κ2) is 13.5. The lowest BCUT2D eigenvalue weighted by Gasteiger charge is -2.52. The molecule has 0 radical (unpaired) electrons. The van der Waals surface area contributed by atoms with Crippen molar-refractivity contribution in [3.05, 3.63) is 111 Å². The van der Waals surface area contributed by atoms with Crippen molar-refractivity contribution >= 4 is 34.4 Å². The van der Waals surface area contributed by atoms with Gasteiger partial charge in [-0.3, -0.25) is 14.4 Å². The van der Waals surface area contributed by atoms with Crippen LogP contribution in [0.3, 0.4) is 0 Å². The van der Waals surface area contributed by atoms with Crippen LogP contribution in [-0.2, 0) is 29.2 Å². The van der Waals surface area contributed by atoms with Gasteiger partial charge in [0, 0.05) is 66.6 Å². The average molecular weight is 734 g/mol. The van der Waals surface area contributed by atoms with Crippen LogP contribution in [0.4, 0.5) is 5.88 Å². The maximum atomic E-state index is 13.8. The number of Topliss-reactive ketones (excluding diaryl/α,β-unsaturated/α-hetero) is 2.